The molecular formula is C20H12F3N5. The molecule has 8 heteroatoms. The molecule has 138 valence electrons. The third kappa shape index (κ3) is 2.39. The zero-order valence-electron chi connectivity index (χ0n) is 14.2. The highest BCUT2D eigenvalue weighted by Crippen LogP contribution is 2.49. The van der Waals surface area contributed by atoms with Crippen LogP contribution >= 0.6 is 0 Å². The van der Waals surface area contributed by atoms with Crippen molar-refractivity contribution in [2.75, 3.05) is 10.2 Å². The Morgan fingerprint density at radius 2 is 1.61 bits per heavy atom. The van der Waals surface area contributed by atoms with Crippen molar-refractivity contribution in [3.63, 3.8) is 0 Å². The number of allylic oxidation sites excluding steroid dienone is 2. The molecule has 4 rings (SSSR count). The fourth-order valence-electron chi connectivity index (χ4n) is 3.62. The van der Waals surface area contributed by atoms with Crippen LogP contribution in [0.3, 0.4) is 0 Å². The molecule has 0 radical (unpaired) electrons. The summed E-state index contributed by atoms with van der Waals surface area (Å²) in [4.78, 5) is 1.50. The van der Waals surface area contributed by atoms with Crippen molar-refractivity contribution < 1.29 is 13.2 Å². The molecule has 2 aliphatic rings. The topological polar surface area (TPSA) is 88.9 Å². The minimum atomic E-state index is -4.64. The van der Waals surface area contributed by atoms with Crippen molar-refractivity contribution in [1.29, 1.82) is 10.5 Å². The molecule has 2 aromatic carbocycles. The van der Waals surface area contributed by atoms with E-state index in [4.69, 9.17) is 5.73 Å². The number of halogens is 3. The molecule has 2 heterocycles. The first kappa shape index (κ1) is 17.5. The molecule has 0 unspecified atom stereocenters. The Bertz CT molecular complexity index is 1130. The van der Waals surface area contributed by atoms with Gasteiger partial charge in [-0.05, 0) is 23.8 Å². The minimum Gasteiger partial charge on any atom is -0.384 e. The van der Waals surface area contributed by atoms with E-state index in [1.165, 1.54) is 23.1 Å². The summed E-state index contributed by atoms with van der Waals surface area (Å²) in [6.45, 7) is 0. The Labute approximate surface area is 158 Å². The van der Waals surface area contributed by atoms with Crippen LogP contribution in [0.5, 0.6) is 0 Å². The highest BCUT2D eigenvalue weighted by atomic mass is 19.4. The normalized spacial score (nSPS) is 18.2. The van der Waals surface area contributed by atoms with Crippen molar-refractivity contribution in [3.8, 4) is 12.1 Å². The summed E-state index contributed by atoms with van der Waals surface area (Å²) in [5.74, 6) is -0.959. The monoisotopic (exact) mass is 379 g/mol. The average Bonchev–Trinajstić information content (AvgIpc) is 3.07. The van der Waals surface area contributed by atoms with E-state index in [-0.39, 0.29) is 28.4 Å². The number of para-hydroxylation sites is 2. The molecule has 2 aliphatic heterocycles. The summed E-state index contributed by atoms with van der Waals surface area (Å²) in [6, 6.07) is 15.9. The number of benzene rings is 2. The van der Waals surface area contributed by atoms with Crippen molar-refractivity contribution in [2.24, 2.45) is 5.73 Å². The van der Waals surface area contributed by atoms with Gasteiger partial charge in [0, 0.05) is 0 Å². The molecule has 0 aliphatic carbocycles. The maximum Gasteiger partial charge on any atom is 0.416 e. The third-order valence-electron chi connectivity index (χ3n) is 4.79. The molecule has 0 bridgehead atoms. The number of alkyl halides is 3. The molecule has 0 fully saturated rings. The van der Waals surface area contributed by atoms with Gasteiger partial charge in [0.25, 0.3) is 0 Å². The lowest BCUT2D eigenvalue weighted by molar-refractivity contribution is -0.138. The standard InChI is InChI=1S/C20H12F3N5/c21-20(22,23)14-6-2-1-5-11(14)17-12(9-24)18(26)28-16-8-4-3-7-15(16)27-19(28)13(17)10-25/h1-8,17,27H,26H2/t17-/m0/s1. The van der Waals surface area contributed by atoms with Crippen LogP contribution in [0.4, 0.5) is 24.5 Å². The second-order valence-corrected chi connectivity index (χ2v) is 6.28. The van der Waals surface area contributed by atoms with Gasteiger partial charge in [0.2, 0.25) is 0 Å². The Kier molecular flexibility index (Phi) is 3.79. The van der Waals surface area contributed by atoms with E-state index in [0.29, 0.717) is 11.4 Å². The van der Waals surface area contributed by atoms with Crippen LogP contribution in [0, 0.1) is 22.7 Å². The molecule has 0 saturated heterocycles. The first-order valence-electron chi connectivity index (χ1n) is 8.24. The van der Waals surface area contributed by atoms with Crippen molar-refractivity contribution >= 4 is 11.4 Å². The quantitative estimate of drug-likeness (QED) is 0.777. The van der Waals surface area contributed by atoms with Crippen LogP contribution in [0.2, 0.25) is 0 Å². The number of anilines is 2. The molecule has 2 aromatic rings. The van der Waals surface area contributed by atoms with E-state index in [9.17, 15) is 23.7 Å². The number of nitrogens with one attached hydrogen (secondary N) is 1. The zero-order chi connectivity index (χ0) is 20.1. The predicted molar refractivity (Wildman–Crippen MR) is 96.2 cm³/mol. The molecule has 0 spiro atoms. The lowest BCUT2D eigenvalue weighted by Gasteiger charge is -2.32. The fraction of sp³-hybridized carbons (Fsp3) is 0.100. The number of nitrogens with two attached hydrogens (primary N) is 1. The van der Waals surface area contributed by atoms with E-state index >= 15 is 0 Å². The van der Waals surface area contributed by atoms with Gasteiger partial charge in [0.15, 0.2) is 0 Å². The highest BCUT2D eigenvalue weighted by molar-refractivity contribution is 5.86. The lowest BCUT2D eigenvalue weighted by Crippen LogP contribution is -2.35. The summed E-state index contributed by atoms with van der Waals surface area (Å²) in [6.07, 6.45) is -4.64. The zero-order valence-corrected chi connectivity index (χ0v) is 14.2. The summed E-state index contributed by atoms with van der Waals surface area (Å²) < 4.78 is 40.8. The lowest BCUT2D eigenvalue weighted by atomic mass is 9.81. The van der Waals surface area contributed by atoms with Gasteiger partial charge in [-0.1, -0.05) is 30.3 Å². The van der Waals surface area contributed by atoms with Crippen LogP contribution in [-0.4, -0.2) is 0 Å². The Morgan fingerprint density at radius 3 is 2.29 bits per heavy atom. The summed E-state index contributed by atoms with van der Waals surface area (Å²) >= 11 is 0. The first-order valence-corrected chi connectivity index (χ1v) is 8.24. The van der Waals surface area contributed by atoms with Gasteiger partial charge in [0.1, 0.15) is 11.6 Å². The van der Waals surface area contributed by atoms with E-state index < -0.39 is 17.7 Å². The second-order valence-electron chi connectivity index (χ2n) is 6.28. The van der Waals surface area contributed by atoms with Crippen LogP contribution in [0.15, 0.2) is 71.3 Å². The Morgan fingerprint density at radius 1 is 0.964 bits per heavy atom. The number of hydrogen-bond acceptors (Lipinski definition) is 5. The molecule has 28 heavy (non-hydrogen) atoms. The number of fused-ring (bicyclic) bond motifs is 3. The number of nitriles is 2. The minimum absolute atomic E-state index is 0.00125. The van der Waals surface area contributed by atoms with E-state index in [2.05, 4.69) is 5.32 Å². The van der Waals surface area contributed by atoms with Gasteiger partial charge in [-0.2, -0.15) is 23.7 Å². The van der Waals surface area contributed by atoms with Crippen molar-refractivity contribution in [3.05, 3.63) is 82.4 Å². The van der Waals surface area contributed by atoms with Gasteiger partial charge < -0.3 is 11.1 Å². The number of rotatable bonds is 1. The summed E-state index contributed by atoms with van der Waals surface area (Å²) in [5.41, 5.74) is 6.29. The summed E-state index contributed by atoms with van der Waals surface area (Å²) in [7, 11) is 0. The molecular weight excluding hydrogens is 367 g/mol. The van der Waals surface area contributed by atoms with Gasteiger partial charge in [-0.3, -0.25) is 4.90 Å². The fourth-order valence-corrected chi connectivity index (χ4v) is 3.62. The van der Waals surface area contributed by atoms with Crippen LogP contribution < -0.4 is 16.0 Å². The average molecular weight is 379 g/mol. The van der Waals surface area contributed by atoms with E-state index in [0.717, 1.165) is 6.07 Å². The largest absolute Gasteiger partial charge is 0.416 e. The van der Waals surface area contributed by atoms with Crippen LogP contribution in [0.25, 0.3) is 0 Å². The van der Waals surface area contributed by atoms with Gasteiger partial charge in [-0.25, -0.2) is 0 Å². The molecule has 0 amide bonds. The SMILES string of the molecule is N#CC1=C(N)N2C(=C(C#N)[C@H]1c1ccccc1C(F)(F)F)Nc1ccccc12. The Balaban J connectivity index is 2.01. The van der Waals surface area contributed by atoms with Crippen LogP contribution in [-0.2, 0) is 6.18 Å². The third-order valence-corrected chi connectivity index (χ3v) is 4.79. The smallest absolute Gasteiger partial charge is 0.384 e. The van der Waals surface area contributed by atoms with Gasteiger partial charge in [0.05, 0.1) is 46.1 Å². The second kappa shape index (κ2) is 6.07. The summed E-state index contributed by atoms with van der Waals surface area (Å²) in [5, 5.41) is 22.6. The first-order chi connectivity index (χ1) is 13.4. The maximum absolute atomic E-state index is 13.6. The number of hydrogen-bond donors (Lipinski definition) is 2. The van der Waals surface area contributed by atoms with Crippen molar-refractivity contribution in [1.82, 2.24) is 0 Å². The molecule has 0 saturated carbocycles. The highest BCUT2D eigenvalue weighted by Gasteiger charge is 2.43. The van der Waals surface area contributed by atoms with Crippen molar-refractivity contribution in [2.45, 2.75) is 12.1 Å². The molecule has 1 atom stereocenters. The number of nitrogens with zero attached hydrogens (tertiary/aromatic N) is 3. The Hall–Kier alpha value is -3.91. The molecule has 3 N–H and O–H groups in total. The maximum atomic E-state index is 13.6. The molecule has 0 aromatic heterocycles. The van der Waals surface area contributed by atoms with E-state index in [1.807, 2.05) is 12.1 Å². The van der Waals surface area contributed by atoms with Gasteiger partial charge in [-0.15, -0.1) is 0 Å². The molecule has 5 nitrogen and oxygen atoms in total. The predicted octanol–water partition coefficient (Wildman–Crippen LogP) is 4.16. The van der Waals surface area contributed by atoms with Crippen LogP contribution in [0.1, 0.15) is 17.0 Å². The van der Waals surface area contributed by atoms with Gasteiger partial charge >= 0.3 is 6.18 Å². The van der Waals surface area contributed by atoms with E-state index in [1.54, 1.807) is 24.3 Å².